The molecule has 0 saturated heterocycles. The van der Waals surface area contributed by atoms with Gasteiger partial charge < -0.3 is 10.5 Å². The molecule has 0 aliphatic carbocycles. The van der Waals surface area contributed by atoms with Crippen LogP contribution in [0.1, 0.15) is 13.3 Å². The van der Waals surface area contributed by atoms with Crippen molar-refractivity contribution >= 4 is 15.7 Å². The Balaban J connectivity index is 2.80. The maximum Gasteiger partial charge on any atom is 0.232 e. The van der Waals surface area contributed by atoms with Crippen LogP contribution in [-0.2, 0) is 10.0 Å². The van der Waals surface area contributed by atoms with Crippen LogP contribution in [0.3, 0.4) is 0 Å². The second-order valence-corrected chi connectivity index (χ2v) is 5.33. The van der Waals surface area contributed by atoms with E-state index in [0.29, 0.717) is 31.0 Å². The molecule has 6 heteroatoms. The fourth-order valence-corrected chi connectivity index (χ4v) is 2.48. The van der Waals surface area contributed by atoms with Gasteiger partial charge in [-0.3, -0.25) is 4.72 Å². The van der Waals surface area contributed by atoms with Crippen molar-refractivity contribution in [1.82, 2.24) is 0 Å². The van der Waals surface area contributed by atoms with E-state index < -0.39 is 10.0 Å². The molecule has 0 saturated carbocycles. The Morgan fingerprint density at radius 2 is 2.06 bits per heavy atom. The summed E-state index contributed by atoms with van der Waals surface area (Å²) in [7, 11) is -3.35. The molecule has 0 radical (unpaired) electrons. The second-order valence-electron chi connectivity index (χ2n) is 3.49. The van der Waals surface area contributed by atoms with Gasteiger partial charge in [-0.15, -0.1) is 0 Å². The van der Waals surface area contributed by atoms with E-state index in [1.54, 1.807) is 24.3 Å². The average molecular weight is 258 g/mol. The van der Waals surface area contributed by atoms with Crippen LogP contribution in [0.4, 0.5) is 5.69 Å². The van der Waals surface area contributed by atoms with Gasteiger partial charge in [0.2, 0.25) is 10.0 Å². The molecule has 0 heterocycles. The van der Waals surface area contributed by atoms with E-state index in [2.05, 4.69) is 4.72 Å². The second kappa shape index (κ2) is 6.46. The summed E-state index contributed by atoms with van der Waals surface area (Å²) in [4.78, 5) is 0. The van der Waals surface area contributed by atoms with Gasteiger partial charge in [-0.25, -0.2) is 8.42 Å². The van der Waals surface area contributed by atoms with Crippen molar-refractivity contribution in [3.8, 4) is 5.75 Å². The van der Waals surface area contributed by atoms with Crippen molar-refractivity contribution in [1.29, 1.82) is 0 Å². The molecule has 0 aliphatic heterocycles. The Kier molecular flexibility index (Phi) is 5.24. The molecule has 0 aromatic heterocycles. The van der Waals surface area contributed by atoms with Gasteiger partial charge in [0.15, 0.2) is 0 Å². The van der Waals surface area contributed by atoms with E-state index in [1.165, 1.54) is 0 Å². The van der Waals surface area contributed by atoms with Gasteiger partial charge in [-0.2, -0.15) is 0 Å². The number of para-hydroxylation sites is 2. The summed E-state index contributed by atoms with van der Waals surface area (Å²) in [5.74, 6) is 0.551. The molecule has 0 spiro atoms. The van der Waals surface area contributed by atoms with Crippen molar-refractivity contribution in [2.75, 3.05) is 23.6 Å². The predicted molar refractivity (Wildman–Crippen MR) is 68.7 cm³/mol. The number of rotatable bonds is 7. The number of benzene rings is 1. The third kappa shape index (κ3) is 4.62. The lowest BCUT2D eigenvalue weighted by Gasteiger charge is -2.12. The predicted octanol–water partition coefficient (Wildman–Crippen LogP) is 1.18. The van der Waals surface area contributed by atoms with Crippen molar-refractivity contribution in [3.63, 3.8) is 0 Å². The van der Waals surface area contributed by atoms with Crippen molar-refractivity contribution in [3.05, 3.63) is 24.3 Å². The fraction of sp³-hybridized carbons (Fsp3) is 0.455. The van der Waals surface area contributed by atoms with Gasteiger partial charge in [0, 0.05) is 0 Å². The van der Waals surface area contributed by atoms with Crippen LogP contribution in [0.15, 0.2) is 24.3 Å². The van der Waals surface area contributed by atoms with Gasteiger partial charge in [0.25, 0.3) is 0 Å². The summed E-state index contributed by atoms with van der Waals surface area (Å²) in [5, 5.41) is 0. The number of nitrogens with one attached hydrogen (secondary N) is 1. The zero-order chi connectivity index (χ0) is 12.7. The molecule has 0 aliphatic rings. The fourth-order valence-electron chi connectivity index (χ4n) is 1.32. The Bertz CT molecular complexity index is 446. The van der Waals surface area contributed by atoms with E-state index in [-0.39, 0.29) is 5.75 Å². The monoisotopic (exact) mass is 258 g/mol. The van der Waals surface area contributed by atoms with E-state index in [4.69, 9.17) is 10.5 Å². The third-order valence-corrected chi connectivity index (χ3v) is 3.43. The molecule has 96 valence electrons. The van der Waals surface area contributed by atoms with E-state index >= 15 is 0 Å². The average Bonchev–Trinajstić information content (AvgIpc) is 2.29. The standard InChI is InChI=1S/C11H18N2O3S/c1-2-16-11-7-4-3-6-10(11)13-17(14,15)9-5-8-12/h3-4,6-7,13H,2,5,8-9,12H2,1H3. The molecule has 17 heavy (non-hydrogen) atoms. The Hall–Kier alpha value is -1.27. The molecule has 1 aromatic carbocycles. The first-order valence-electron chi connectivity index (χ1n) is 5.51. The Morgan fingerprint density at radius 1 is 1.35 bits per heavy atom. The maximum absolute atomic E-state index is 11.7. The van der Waals surface area contributed by atoms with E-state index in [0.717, 1.165) is 0 Å². The Labute approximate surface area is 102 Å². The third-order valence-electron chi connectivity index (χ3n) is 2.07. The van der Waals surface area contributed by atoms with Crippen LogP contribution in [0.2, 0.25) is 0 Å². The largest absolute Gasteiger partial charge is 0.492 e. The summed E-state index contributed by atoms with van der Waals surface area (Å²) in [6.07, 6.45) is 0.437. The summed E-state index contributed by atoms with van der Waals surface area (Å²) in [6, 6.07) is 6.95. The lowest BCUT2D eigenvalue weighted by Crippen LogP contribution is -2.19. The van der Waals surface area contributed by atoms with E-state index in [1.807, 2.05) is 6.92 Å². The molecule has 5 nitrogen and oxygen atoms in total. The van der Waals surface area contributed by atoms with Gasteiger partial charge in [-0.1, -0.05) is 12.1 Å². The molecule has 0 unspecified atom stereocenters. The first-order valence-corrected chi connectivity index (χ1v) is 7.16. The van der Waals surface area contributed by atoms with Crippen LogP contribution >= 0.6 is 0 Å². The molecular weight excluding hydrogens is 240 g/mol. The van der Waals surface area contributed by atoms with Gasteiger partial charge in [0.1, 0.15) is 5.75 Å². The van der Waals surface area contributed by atoms with Crippen molar-refractivity contribution < 1.29 is 13.2 Å². The number of hydrogen-bond donors (Lipinski definition) is 2. The summed E-state index contributed by atoms with van der Waals surface area (Å²) in [5.41, 5.74) is 5.75. The SMILES string of the molecule is CCOc1ccccc1NS(=O)(=O)CCCN. The highest BCUT2D eigenvalue weighted by Gasteiger charge is 2.12. The molecule has 1 rings (SSSR count). The topological polar surface area (TPSA) is 81.4 Å². The Morgan fingerprint density at radius 3 is 2.71 bits per heavy atom. The summed E-state index contributed by atoms with van der Waals surface area (Å²) in [6.45, 7) is 2.69. The van der Waals surface area contributed by atoms with Crippen LogP contribution in [0.25, 0.3) is 0 Å². The van der Waals surface area contributed by atoms with Crippen LogP contribution < -0.4 is 15.2 Å². The summed E-state index contributed by atoms with van der Waals surface area (Å²) >= 11 is 0. The molecule has 0 amide bonds. The van der Waals surface area contributed by atoms with Gasteiger partial charge in [-0.05, 0) is 32.0 Å². The lowest BCUT2D eigenvalue weighted by atomic mass is 10.3. The molecular formula is C11H18N2O3S. The first kappa shape index (κ1) is 13.8. The van der Waals surface area contributed by atoms with Crippen LogP contribution in [0.5, 0.6) is 5.75 Å². The molecule has 0 fully saturated rings. The van der Waals surface area contributed by atoms with Crippen molar-refractivity contribution in [2.24, 2.45) is 5.73 Å². The molecule has 0 atom stereocenters. The van der Waals surface area contributed by atoms with Crippen LogP contribution in [0, 0.1) is 0 Å². The highest BCUT2D eigenvalue weighted by molar-refractivity contribution is 7.92. The lowest BCUT2D eigenvalue weighted by molar-refractivity contribution is 0.342. The number of ether oxygens (including phenoxy) is 1. The van der Waals surface area contributed by atoms with Crippen LogP contribution in [-0.4, -0.2) is 27.3 Å². The van der Waals surface area contributed by atoms with Gasteiger partial charge in [0.05, 0.1) is 18.0 Å². The number of sulfonamides is 1. The van der Waals surface area contributed by atoms with Crippen molar-refractivity contribution in [2.45, 2.75) is 13.3 Å². The minimum atomic E-state index is -3.35. The minimum Gasteiger partial charge on any atom is -0.492 e. The number of hydrogen-bond acceptors (Lipinski definition) is 4. The zero-order valence-corrected chi connectivity index (χ0v) is 10.7. The van der Waals surface area contributed by atoms with E-state index in [9.17, 15) is 8.42 Å². The quantitative estimate of drug-likeness (QED) is 0.769. The first-order chi connectivity index (χ1) is 8.09. The molecule has 1 aromatic rings. The highest BCUT2D eigenvalue weighted by atomic mass is 32.2. The molecule has 0 bridgehead atoms. The maximum atomic E-state index is 11.7. The van der Waals surface area contributed by atoms with Gasteiger partial charge >= 0.3 is 0 Å². The zero-order valence-electron chi connectivity index (χ0n) is 9.85. The number of nitrogens with two attached hydrogens (primary N) is 1. The minimum absolute atomic E-state index is 0.0178. The number of anilines is 1. The molecule has 3 N–H and O–H groups in total. The highest BCUT2D eigenvalue weighted by Crippen LogP contribution is 2.24. The normalized spacial score (nSPS) is 11.2. The smallest absolute Gasteiger partial charge is 0.232 e. The summed E-state index contributed by atoms with van der Waals surface area (Å²) < 4.78 is 31.2.